The molecule has 2 atom stereocenters. The van der Waals surface area contributed by atoms with Gasteiger partial charge >= 0.3 is 6.03 Å². The number of urea groups is 1. The number of likely N-dealkylation sites (tertiary alicyclic amines) is 1. The fraction of sp³-hybridized carbons (Fsp3) is 0.414. The summed E-state index contributed by atoms with van der Waals surface area (Å²) in [6.07, 6.45) is 0.729. The second-order valence-corrected chi connectivity index (χ2v) is 10.9. The first kappa shape index (κ1) is 29.6. The molecule has 42 heavy (non-hydrogen) atoms. The molecule has 1 aliphatic heterocycles. The van der Waals surface area contributed by atoms with E-state index in [0.29, 0.717) is 44.6 Å². The number of benzene rings is 2. The van der Waals surface area contributed by atoms with Gasteiger partial charge in [-0.3, -0.25) is 9.78 Å². The van der Waals surface area contributed by atoms with Gasteiger partial charge in [0, 0.05) is 49.3 Å². The quantitative estimate of drug-likeness (QED) is 0.210. The molecule has 12 nitrogen and oxygen atoms in total. The van der Waals surface area contributed by atoms with Gasteiger partial charge in [-0.25, -0.2) is 4.79 Å². The maximum absolute atomic E-state index is 12.1. The number of aliphatic hydroxyl groups is 3. The van der Waals surface area contributed by atoms with Crippen LogP contribution >= 0.6 is 11.6 Å². The van der Waals surface area contributed by atoms with Crippen LogP contribution in [-0.2, 0) is 4.79 Å². The van der Waals surface area contributed by atoms with Crippen molar-refractivity contribution < 1.29 is 39.1 Å². The lowest BCUT2D eigenvalue weighted by Crippen LogP contribution is -2.54. The second-order valence-electron chi connectivity index (χ2n) is 10.5. The zero-order valence-electron chi connectivity index (χ0n) is 23.0. The highest BCUT2D eigenvalue weighted by Crippen LogP contribution is 2.38. The number of hydrogen-bond acceptors (Lipinski definition) is 9. The second kappa shape index (κ2) is 13.0. The van der Waals surface area contributed by atoms with Gasteiger partial charge in [0.15, 0.2) is 11.5 Å². The van der Waals surface area contributed by atoms with E-state index in [1.165, 1.54) is 12.0 Å². The minimum Gasteiger partial charge on any atom is -0.493 e. The number of pyridine rings is 1. The van der Waals surface area contributed by atoms with Gasteiger partial charge in [-0.15, -0.1) is 0 Å². The highest BCUT2D eigenvalue weighted by atomic mass is 35.5. The normalized spacial score (nSPS) is 16.4. The number of aromatic nitrogens is 1. The Balaban J connectivity index is 1.21. The highest BCUT2D eigenvalue weighted by Gasteiger charge is 2.30. The summed E-state index contributed by atoms with van der Waals surface area (Å²) in [4.78, 5) is 30.0. The molecule has 2 heterocycles. The van der Waals surface area contributed by atoms with E-state index in [-0.39, 0.29) is 50.5 Å². The van der Waals surface area contributed by atoms with Crippen molar-refractivity contribution in [3.05, 3.63) is 47.6 Å². The number of β-amino-alcohol motifs (C(OH)–C–C–N with tert-alkyl or cyclic N) is 1. The molecule has 2 fully saturated rings. The van der Waals surface area contributed by atoms with Gasteiger partial charge < -0.3 is 45.1 Å². The maximum Gasteiger partial charge on any atom is 0.319 e. The van der Waals surface area contributed by atoms with Crippen LogP contribution in [0.5, 0.6) is 23.0 Å². The van der Waals surface area contributed by atoms with E-state index < -0.39 is 18.3 Å². The number of anilines is 1. The minimum atomic E-state index is -1.05. The molecule has 5 rings (SSSR count). The Hall–Kier alpha value is -3.84. The van der Waals surface area contributed by atoms with E-state index >= 15 is 0 Å². The lowest BCUT2D eigenvalue weighted by Gasteiger charge is -2.36. The largest absolute Gasteiger partial charge is 0.493 e. The molecule has 1 saturated heterocycles. The number of nitrogens with zero attached hydrogens (tertiary/aromatic N) is 2. The van der Waals surface area contributed by atoms with Gasteiger partial charge in [-0.2, -0.15) is 0 Å². The summed E-state index contributed by atoms with van der Waals surface area (Å²) in [6.45, 7) is 0.374. The Morgan fingerprint density at radius 1 is 1.10 bits per heavy atom. The summed E-state index contributed by atoms with van der Waals surface area (Å²) in [5.41, 5.74) is 1.00. The molecule has 224 valence electrons. The molecule has 2 unspecified atom stereocenters. The summed E-state index contributed by atoms with van der Waals surface area (Å²) < 4.78 is 17.4. The highest BCUT2D eigenvalue weighted by molar-refractivity contribution is 6.33. The monoisotopic (exact) mass is 600 g/mol. The predicted molar refractivity (Wildman–Crippen MR) is 154 cm³/mol. The summed E-state index contributed by atoms with van der Waals surface area (Å²) in [6, 6.07) is 9.92. The Morgan fingerprint density at radius 3 is 2.57 bits per heavy atom. The minimum absolute atomic E-state index is 0.0592. The molecule has 1 aromatic heterocycles. The van der Waals surface area contributed by atoms with Crippen LogP contribution in [-0.4, -0.2) is 88.3 Å². The Bertz CT molecular complexity index is 1450. The Labute approximate surface area is 247 Å². The summed E-state index contributed by atoms with van der Waals surface area (Å²) in [5.74, 6) is 1.36. The summed E-state index contributed by atoms with van der Waals surface area (Å²) in [7, 11) is 1.48. The van der Waals surface area contributed by atoms with Crippen LogP contribution in [0.4, 0.5) is 10.5 Å². The van der Waals surface area contributed by atoms with Crippen molar-refractivity contribution in [3.63, 3.8) is 0 Å². The molecular weight excluding hydrogens is 568 g/mol. The SMILES string of the molecule is COc1cc2c(Oc3ccc(NC(=O)NC4CC4)c(Cl)c3)ccnc2cc1OCC(O)CC(O)CC(=O)N1CC(O)C1. The third kappa shape index (κ3) is 7.51. The van der Waals surface area contributed by atoms with Gasteiger partial charge in [0.1, 0.15) is 18.1 Å². The van der Waals surface area contributed by atoms with Crippen LogP contribution in [0.25, 0.3) is 10.9 Å². The third-order valence-electron chi connectivity index (χ3n) is 6.92. The van der Waals surface area contributed by atoms with Crippen molar-refractivity contribution >= 4 is 40.1 Å². The van der Waals surface area contributed by atoms with E-state index in [0.717, 1.165) is 12.8 Å². The van der Waals surface area contributed by atoms with Crippen LogP contribution in [0.2, 0.25) is 5.02 Å². The van der Waals surface area contributed by atoms with Crippen molar-refractivity contribution in [2.75, 3.05) is 32.1 Å². The van der Waals surface area contributed by atoms with Crippen LogP contribution < -0.4 is 24.8 Å². The molecule has 2 aromatic carbocycles. The van der Waals surface area contributed by atoms with Gasteiger partial charge in [0.2, 0.25) is 5.91 Å². The number of aliphatic hydroxyl groups excluding tert-OH is 3. The number of hydrogen-bond donors (Lipinski definition) is 5. The topological polar surface area (TPSA) is 163 Å². The van der Waals surface area contributed by atoms with Crippen LogP contribution in [0.3, 0.4) is 0 Å². The number of methoxy groups -OCH3 is 1. The fourth-order valence-corrected chi connectivity index (χ4v) is 4.71. The van der Waals surface area contributed by atoms with Crippen molar-refractivity contribution in [1.29, 1.82) is 0 Å². The summed E-state index contributed by atoms with van der Waals surface area (Å²) in [5, 5.41) is 36.5. The smallest absolute Gasteiger partial charge is 0.319 e. The molecule has 0 radical (unpaired) electrons. The fourth-order valence-electron chi connectivity index (χ4n) is 4.49. The van der Waals surface area contributed by atoms with Gasteiger partial charge in [0.05, 0.1) is 48.1 Å². The Kier molecular flexibility index (Phi) is 9.17. The number of amides is 3. The number of ether oxygens (including phenoxy) is 3. The molecule has 0 spiro atoms. The first-order valence-electron chi connectivity index (χ1n) is 13.6. The van der Waals surface area contributed by atoms with Crippen LogP contribution in [0.1, 0.15) is 25.7 Å². The number of rotatable bonds is 12. The molecule has 13 heteroatoms. The zero-order chi connectivity index (χ0) is 29.8. The number of nitrogens with one attached hydrogen (secondary N) is 2. The lowest BCUT2D eigenvalue weighted by atomic mass is 10.1. The molecule has 1 aliphatic carbocycles. The van der Waals surface area contributed by atoms with E-state index in [1.807, 2.05) is 0 Å². The van der Waals surface area contributed by atoms with Gasteiger partial charge in [0.25, 0.3) is 0 Å². The molecule has 0 bridgehead atoms. The third-order valence-corrected chi connectivity index (χ3v) is 7.23. The lowest BCUT2D eigenvalue weighted by molar-refractivity contribution is -0.143. The van der Waals surface area contributed by atoms with Crippen molar-refractivity contribution in [3.8, 4) is 23.0 Å². The van der Waals surface area contributed by atoms with E-state index in [1.54, 1.807) is 42.6 Å². The van der Waals surface area contributed by atoms with Crippen molar-refractivity contribution in [2.45, 2.75) is 50.0 Å². The van der Waals surface area contributed by atoms with Gasteiger partial charge in [-0.1, -0.05) is 11.6 Å². The predicted octanol–water partition coefficient (Wildman–Crippen LogP) is 3.06. The molecule has 3 aromatic rings. The number of carbonyl (C=O) groups excluding carboxylic acids is 2. The number of halogens is 1. The van der Waals surface area contributed by atoms with E-state index in [4.69, 9.17) is 25.8 Å². The summed E-state index contributed by atoms with van der Waals surface area (Å²) >= 11 is 6.39. The molecule has 3 amide bonds. The van der Waals surface area contributed by atoms with Crippen molar-refractivity contribution in [1.82, 2.24) is 15.2 Å². The molecule has 2 aliphatic rings. The Morgan fingerprint density at radius 2 is 1.88 bits per heavy atom. The average Bonchev–Trinajstić information content (AvgIpc) is 3.75. The average molecular weight is 601 g/mol. The first-order chi connectivity index (χ1) is 20.2. The molecular formula is C29H33ClN4O8. The standard InChI is InChI=1S/C29H33ClN4O8/c1-40-26-11-21-24(12-27(26)41-15-18(36)8-17(35)9-28(38)34-13-19(37)14-34)31-7-6-25(21)42-20-4-5-23(22(30)10-20)33-29(39)32-16-2-3-16/h4-7,10-12,16-19,35-37H,2-3,8-9,13-15H2,1H3,(H2,32,33,39). The number of carbonyl (C=O) groups is 2. The molecule has 5 N–H and O–H groups in total. The maximum atomic E-state index is 12.1. The zero-order valence-corrected chi connectivity index (χ0v) is 23.7. The van der Waals surface area contributed by atoms with E-state index in [9.17, 15) is 24.9 Å². The number of fused-ring (bicyclic) bond motifs is 1. The van der Waals surface area contributed by atoms with Gasteiger partial charge in [-0.05, 0) is 37.1 Å². The van der Waals surface area contributed by atoms with Crippen molar-refractivity contribution in [2.24, 2.45) is 0 Å². The molecule has 1 saturated carbocycles. The van der Waals surface area contributed by atoms with Crippen LogP contribution in [0, 0.1) is 0 Å². The van der Waals surface area contributed by atoms with E-state index in [2.05, 4.69) is 15.6 Å². The van der Waals surface area contributed by atoms with Crippen LogP contribution in [0.15, 0.2) is 42.6 Å². The first-order valence-corrected chi connectivity index (χ1v) is 14.0.